The van der Waals surface area contributed by atoms with E-state index < -0.39 is 4.92 Å². The van der Waals surface area contributed by atoms with Crippen molar-refractivity contribution in [1.82, 2.24) is 4.98 Å². The molecule has 0 fully saturated rings. The maximum Gasteiger partial charge on any atom is 0.270 e. The van der Waals surface area contributed by atoms with E-state index in [-0.39, 0.29) is 11.2 Å². The normalized spacial score (nSPS) is 10.0. The smallest absolute Gasteiger partial charge is 0.270 e. The van der Waals surface area contributed by atoms with Gasteiger partial charge in [0, 0.05) is 23.9 Å². The molecule has 5 nitrogen and oxygen atoms in total. The molecule has 0 aliphatic heterocycles. The Morgan fingerprint density at radius 2 is 2.00 bits per heavy atom. The Labute approximate surface area is 90.5 Å². The highest BCUT2D eigenvalue weighted by atomic mass is 16.6. The molecule has 0 radical (unpaired) electrons. The number of nitro benzene ring substituents is 1. The van der Waals surface area contributed by atoms with Crippen LogP contribution in [0.2, 0.25) is 0 Å². The molecule has 0 saturated carbocycles. The third-order valence-corrected chi connectivity index (χ3v) is 2.19. The molecule has 2 rings (SSSR count). The Hall–Kier alpha value is -2.43. The van der Waals surface area contributed by atoms with Crippen molar-refractivity contribution in [2.75, 3.05) is 0 Å². The van der Waals surface area contributed by atoms with Crippen LogP contribution in [-0.2, 0) is 0 Å². The Balaban J connectivity index is 2.57. The van der Waals surface area contributed by atoms with Crippen LogP contribution >= 0.6 is 0 Å². The zero-order valence-corrected chi connectivity index (χ0v) is 8.21. The topological polar surface area (TPSA) is 76.0 Å². The van der Waals surface area contributed by atoms with Gasteiger partial charge in [0.1, 0.15) is 0 Å². The van der Waals surface area contributed by atoms with Crippen LogP contribution in [0, 0.1) is 10.1 Å². The molecule has 0 saturated heterocycles. The number of benzene rings is 1. The summed E-state index contributed by atoms with van der Waals surface area (Å²) in [7, 11) is 0. The van der Waals surface area contributed by atoms with Crippen LogP contribution in [0.25, 0.3) is 11.1 Å². The number of aromatic amines is 1. The molecular formula is C11H8N2O3. The summed E-state index contributed by atoms with van der Waals surface area (Å²) >= 11 is 0. The SMILES string of the molecule is O=c1[nH]cccc1-c1cccc([N+](=O)[O-])c1. The number of hydrogen-bond acceptors (Lipinski definition) is 3. The van der Waals surface area contributed by atoms with Gasteiger partial charge in [-0.1, -0.05) is 12.1 Å². The predicted octanol–water partition coefficient (Wildman–Crippen LogP) is 1.95. The first kappa shape index (κ1) is 10.1. The van der Waals surface area contributed by atoms with Gasteiger partial charge in [0.25, 0.3) is 11.2 Å². The molecule has 1 aromatic carbocycles. The minimum atomic E-state index is -0.485. The van der Waals surface area contributed by atoms with Crippen LogP contribution in [0.15, 0.2) is 47.4 Å². The maximum absolute atomic E-state index is 11.5. The Bertz CT molecular complexity index is 590. The zero-order valence-electron chi connectivity index (χ0n) is 8.21. The fourth-order valence-electron chi connectivity index (χ4n) is 1.44. The molecule has 1 N–H and O–H groups in total. The second-order valence-electron chi connectivity index (χ2n) is 3.22. The van der Waals surface area contributed by atoms with Crippen molar-refractivity contribution in [1.29, 1.82) is 0 Å². The van der Waals surface area contributed by atoms with Crippen molar-refractivity contribution in [2.45, 2.75) is 0 Å². The summed E-state index contributed by atoms with van der Waals surface area (Å²) in [6.45, 7) is 0. The summed E-state index contributed by atoms with van der Waals surface area (Å²) in [5, 5.41) is 10.6. The van der Waals surface area contributed by atoms with Gasteiger partial charge in [-0.15, -0.1) is 0 Å². The lowest BCUT2D eigenvalue weighted by molar-refractivity contribution is -0.384. The maximum atomic E-state index is 11.5. The van der Waals surface area contributed by atoms with Crippen LogP contribution in [0.1, 0.15) is 0 Å². The quantitative estimate of drug-likeness (QED) is 0.615. The summed E-state index contributed by atoms with van der Waals surface area (Å²) in [5.74, 6) is 0. The fraction of sp³-hybridized carbons (Fsp3) is 0. The van der Waals surface area contributed by atoms with Crippen LogP contribution in [0.5, 0.6) is 0 Å². The number of nitrogens with one attached hydrogen (secondary N) is 1. The van der Waals surface area contributed by atoms with Gasteiger partial charge in [-0.25, -0.2) is 0 Å². The van der Waals surface area contributed by atoms with Gasteiger partial charge in [0.15, 0.2) is 0 Å². The average molecular weight is 216 g/mol. The number of hydrogen-bond donors (Lipinski definition) is 1. The van der Waals surface area contributed by atoms with Crippen molar-refractivity contribution in [3.05, 3.63) is 63.1 Å². The number of nitrogens with zero attached hydrogens (tertiary/aromatic N) is 1. The van der Waals surface area contributed by atoms with Gasteiger partial charge in [0.05, 0.1) is 4.92 Å². The van der Waals surface area contributed by atoms with Crippen molar-refractivity contribution in [2.24, 2.45) is 0 Å². The molecule has 2 aromatic rings. The summed E-state index contributed by atoms with van der Waals surface area (Å²) in [5.41, 5.74) is 0.672. The number of aromatic nitrogens is 1. The van der Waals surface area contributed by atoms with Gasteiger partial charge in [-0.2, -0.15) is 0 Å². The van der Waals surface area contributed by atoms with E-state index in [1.54, 1.807) is 24.3 Å². The van der Waals surface area contributed by atoms with Crippen LogP contribution in [-0.4, -0.2) is 9.91 Å². The van der Waals surface area contributed by atoms with Gasteiger partial charge in [0.2, 0.25) is 0 Å². The van der Waals surface area contributed by atoms with Gasteiger partial charge < -0.3 is 4.98 Å². The molecule has 16 heavy (non-hydrogen) atoms. The standard InChI is InChI=1S/C11H8N2O3/c14-11-10(5-2-6-12-11)8-3-1-4-9(7-8)13(15)16/h1-7H,(H,12,14). The van der Waals surface area contributed by atoms with E-state index >= 15 is 0 Å². The third-order valence-electron chi connectivity index (χ3n) is 2.19. The van der Waals surface area contributed by atoms with Gasteiger partial charge in [-0.05, 0) is 17.7 Å². The largest absolute Gasteiger partial charge is 0.329 e. The first-order chi connectivity index (χ1) is 7.68. The lowest BCUT2D eigenvalue weighted by Crippen LogP contribution is -2.06. The van der Waals surface area contributed by atoms with E-state index in [1.165, 1.54) is 18.3 Å². The molecule has 1 heterocycles. The van der Waals surface area contributed by atoms with E-state index in [1.807, 2.05) is 0 Å². The van der Waals surface area contributed by atoms with Crippen molar-refractivity contribution in [3.63, 3.8) is 0 Å². The minimum Gasteiger partial charge on any atom is -0.329 e. The number of pyridine rings is 1. The lowest BCUT2D eigenvalue weighted by Gasteiger charge is -1.99. The summed E-state index contributed by atoms with van der Waals surface area (Å²) in [4.78, 5) is 24.1. The molecule has 0 amide bonds. The summed E-state index contributed by atoms with van der Waals surface area (Å²) < 4.78 is 0. The second-order valence-corrected chi connectivity index (χ2v) is 3.22. The minimum absolute atomic E-state index is 0.0271. The fourth-order valence-corrected chi connectivity index (χ4v) is 1.44. The molecule has 0 aliphatic carbocycles. The molecule has 80 valence electrons. The van der Waals surface area contributed by atoms with Gasteiger partial charge >= 0.3 is 0 Å². The molecule has 1 aromatic heterocycles. The van der Waals surface area contributed by atoms with E-state index in [9.17, 15) is 14.9 Å². The number of H-pyrrole nitrogens is 1. The molecular weight excluding hydrogens is 208 g/mol. The first-order valence-electron chi connectivity index (χ1n) is 4.61. The zero-order chi connectivity index (χ0) is 11.5. The number of nitro groups is 1. The highest BCUT2D eigenvalue weighted by molar-refractivity contribution is 5.64. The molecule has 0 spiro atoms. The number of non-ortho nitro benzene ring substituents is 1. The summed E-state index contributed by atoms with van der Waals surface area (Å²) in [6, 6.07) is 9.29. The van der Waals surface area contributed by atoms with Crippen molar-refractivity contribution in [3.8, 4) is 11.1 Å². The van der Waals surface area contributed by atoms with Crippen LogP contribution in [0.3, 0.4) is 0 Å². The van der Waals surface area contributed by atoms with E-state index in [0.29, 0.717) is 11.1 Å². The Morgan fingerprint density at radius 3 is 2.69 bits per heavy atom. The predicted molar refractivity (Wildman–Crippen MR) is 59.2 cm³/mol. The average Bonchev–Trinajstić information content (AvgIpc) is 2.30. The third kappa shape index (κ3) is 1.83. The second kappa shape index (κ2) is 3.98. The van der Waals surface area contributed by atoms with E-state index in [4.69, 9.17) is 0 Å². The summed E-state index contributed by atoms with van der Waals surface area (Å²) in [6.07, 6.45) is 1.52. The van der Waals surface area contributed by atoms with E-state index in [0.717, 1.165) is 0 Å². The Kier molecular flexibility index (Phi) is 2.51. The van der Waals surface area contributed by atoms with Crippen molar-refractivity contribution < 1.29 is 4.92 Å². The molecule has 0 aliphatic rings. The molecule has 0 bridgehead atoms. The lowest BCUT2D eigenvalue weighted by atomic mass is 10.1. The van der Waals surface area contributed by atoms with E-state index in [2.05, 4.69) is 4.98 Å². The number of rotatable bonds is 2. The monoisotopic (exact) mass is 216 g/mol. The molecule has 0 unspecified atom stereocenters. The van der Waals surface area contributed by atoms with Crippen LogP contribution < -0.4 is 5.56 Å². The van der Waals surface area contributed by atoms with Gasteiger partial charge in [-0.3, -0.25) is 14.9 Å². The molecule has 0 atom stereocenters. The van der Waals surface area contributed by atoms with Crippen LogP contribution in [0.4, 0.5) is 5.69 Å². The Morgan fingerprint density at radius 1 is 1.19 bits per heavy atom. The highest BCUT2D eigenvalue weighted by Gasteiger charge is 2.08. The molecule has 5 heteroatoms. The highest BCUT2D eigenvalue weighted by Crippen LogP contribution is 2.20. The first-order valence-corrected chi connectivity index (χ1v) is 4.61. The van der Waals surface area contributed by atoms with Crippen molar-refractivity contribution >= 4 is 5.69 Å².